The molecule has 2 atom stereocenters. The number of hydrogen-bond donors (Lipinski definition) is 0. The van der Waals surface area contributed by atoms with Crippen LogP contribution in [0.2, 0.25) is 0 Å². The summed E-state index contributed by atoms with van der Waals surface area (Å²) in [5.74, 6) is 2.51. The maximum Gasteiger partial charge on any atom is 0.181 e. The van der Waals surface area contributed by atoms with Gasteiger partial charge in [0.1, 0.15) is 23.0 Å². The van der Waals surface area contributed by atoms with Gasteiger partial charge in [0.2, 0.25) is 0 Å². The van der Waals surface area contributed by atoms with Crippen molar-refractivity contribution in [2.45, 2.75) is 78.6 Å². The Morgan fingerprint density at radius 3 is 1.94 bits per heavy atom. The summed E-state index contributed by atoms with van der Waals surface area (Å²) in [5, 5.41) is 0. The number of ether oxygens (including phenoxy) is 1. The van der Waals surface area contributed by atoms with Gasteiger partial charge in [0.15, 0.2) is 18.0 Å². The zero-order valence-electron chi connectivity index (χ0n) is 30.9. The zero-order valence-corrected chi connectivity index (χ0v) is 30.9. The lowest BCUT2D eigenvalue weighted by molar-refractivity contribution is 0.157. The maximum atomic E-state index is 6.82. The molecule has 3 aliphatic rings. The smallest absolute Gasteiger partial charge is 0.181 e. The van der Waals surface area contributed by atoms with E-state index in [1.807, 2.05) is 18.3 Å². The maximum absolute atomic E-state index is 6.82. The quantitative estimate of drug-likeness (QED) is 0.135. The number of pyridine rings is 1. The highest BCUT2D eigenvalue weighted by Crippen LogP contribution is 2.61. The van der Waals surface area contributed by atoms with Crippen molar-refractivity contribution in [3.63, 3.8) is 0 Å². The van der Waals surface area contributed by atoms with Gasteiger partial charge in [-0.15, -0.1) is 0 Å². The lowest BCUT2D eigenvalue weighted by atomic mass is 9.86. The molecule has 0 N–H and O–H groups in total. The number of anilines is 3. The van der Waals surface area contributed by atoms with Crippen LogP contribution in [0.3, 0.4) is 0 Å². The molecule has 5 heteroatoms. The molecule has 252 valence electrons. The van der Waals surface area contributed by atoms with E-state index in [2.05, 4.69) is 172 Å². The van der Waals surface area contributed by atoms with Crippen molar-refractivity contribution in [1.82, 2.24) is 14.0 Å². The van der Waals surface area contributed by atoms with Gasteiger partial charge >= 0.3 is 0 Å². The standard InChI is InChI=1S/C44H51N4O/c1-42(2,3)31-19-20-39-40(25-31)47(10)29-48(39,30-47)36-23-33(44(7,8)9)24-38(28-36)49-37-18-14-17-35(27-37)46(34-15-12-11-13-16-34)41-26-32(21-22-45-41)43(4,5)6/h11-29H,30H2,1-10H3/q+1/t47-,48+/m0/s1. The number of aromatic nitrogens is 1. The summed E-state index contributed by atoms with van der Waals surface area (Å²) in [6, 6.07) is 37.1. The van der Waals surface area contributed by atoms with Crippen molar-refractivity contribution in [2.24, 2.45) is 0 Å². The molecule has 5 aromatic rings. The Hall–Kier alpha value is -4.45. The Morgan fingerprint density at radius 1 is 0.612 bits per heavy atom. The molecular weight excluding hydrogens is 601 g/mol. The van der Waals surface area contributed by atoms with E-state index in [9.17, 15) is 0 Å². The second-order valence-corrected chi connectivity index (χ2v) is 17.2. The minimum atomic E-state index is -0.0518. The topological polar surface area (TPSA) is 25.4 Å². The van der Waals surface area contributed by atoms with Crippen LogP contribution in [0.25, 0.3) is 0 Å². The van der Waals surface area contributed by atoms with Crippen LogP contribution in [-0.2, 0) is 16.2 Å². The molecule has 4 aromatic carbocycles. The third kappa shape index (κ3) is 5.94. The van der Waals surface area contributed by atoms with Gasteiger partial charge in [-0.05, 0) is 75.4 Å². The molecule has 1 fully saturated rings. The van der Waals surface area contributed by atoms with E-state index in [4.69, 9.17) is 9.72 Å². The van der Waals surface area contributed by atoms with E-state index < -0.39 is 0 Å². The Kier molecular flexibility index (Phi) is 7.62. The fourth-order valence-electron chi connectivity index (χ4n) is 7.30. The molecule has 0 spiro atoms. The average molecular weight is 652 g/mol. The minimum absolute atomic E-state index is 0.00168. The first-order valence-electron chi connectivity index (χ1n) is 17.5. The van der Waals surface area contributed by atoms with Crippen molar-refractivity contribution in [1.29, 1.82) is 0 Å². The molecule has 0 aliphatic carbocycles. The van der Waals surface area contributed by atoms with Gasteiger partial charge in [0, 0.05) is 42.2 Å². The number of para-hydroxylation sites is 1. The molecule has 4 heterocycles. The number of hydrogen-bond acceptors (Lipinski definition) is 3. The highest BCUT2D eigenvalue weighted by molar-refractivity contribution is 5.85. The van der Waals surface area contributed by atoms with Crippen LogP contribution in [0.15, 0.2) is 109 Å². The van der Waals surface area contributed by atoms with Crippen molar-refractivity contribution < 1.29 is 4.74 Å². The van der Waals surface area contributed by atoms with Crippen molar-refractivity contribution in [2.75, 3.05) is 18.6 Å². The Bertz CT molecular complexity index is 2020. The molecule has 5 nitrogen and oxygen atoms in total. The van der Waals surface area contributed by atoms with Gasteiger partial charge in [-0.1, -0.05) is 92.6 Å². The van der Waals surface area contributed by atoms with Crippen molar-refractivity contribution in [3.05, 3.63) is 133 Å². The van der Waals surface area contributed by atoms with E-state index in [-0.39, 0.29) is 16.2 Å². The lowest BCUT2D eigenvalue weighted by Crippen LogP contribution is -2.68. The van der Waals surface area contributed by atoms with Crippen molar-refractivity contribution in [3.8, 4) is 11.5 Å². The molecule has 1 aromatic heterocycles. The molecule has 2 bridgehead atoms. The highest BCUT2D eigenvalue weighted by Gasteiger charge is 2.59. The first-order chi connectivity index (χ1) is 23.0. The van der Waals surface area contributed by atoms with E-state index in [1.165, 1.54) is 33.8 Å². The molecule has 0 radical (unpaired) electrons. The normalized spacial score (nSPS) is 20.0. The van der Waals surface area contributed by atoms with Crippen LogP contribution in [0, 0.1) is 6.67 Å². The Labute approximate surface area is 293 Å². The summed E-state index contributed by atoms with van der Waals surface area (Å²) >= 11 is 0. The molecular formula is C44H51N4O+. The van der Waals surface area contributed by atoms with Crippen LogP contribution in [0.5, 0.6) is 11.5 Å². The predicted octanol–water partition coefficient (Wildman–Crippen LogP) is 11.9. The summed E-state index contributed by atoms with van der Waals surface area (Å²) in [4.78, 5) is 7.05. The molecule has 0 saturated carbocycles. The summed E-state index contributed by atoms with van der Waals surface area (Å²) in [6.07, 6.45) is 1.91. The van der Waals surface area contributed by atoms with E-state index >= 15 is 0 Å². The van der Waals surface area contributed by atoms with Gasteiger partial charge in [0.25, 0.3) is 0 Å². The van der Waals surface area contributed by atoms with Gasteiger partial charge in [-0.2, -0.15) is 0 Å². The monoisotopic (exact) mass is 651 g/mol. The van der Waals surface area contributed by atoms with E-state index in [1.54, 1.807) is 0 Å². The number of rotatable bonds is 6. The van der Waals surface area contributed by atoms with Crippen LogP contribution in [0.1, 0.15) is 79.0 Å². The first-order valence-corrected chi connectivity index (χ1v) is 17.5. The predicted molar refractivity (Wildman–Crippen MR) is 206 cm³/mol. The molecule has 0 amide bonds. The van der Waals surface area contributed by atoms with Crippen LogP contribution >= 0.6 is 0 Å². The average Bonchev–Trinajstić information content (AvgIpc) is 3.43. The number of nitrogens with zero attached hydrogens (tertiary/aromatic N) is 4. The first kappa shape index (κ1) is 33.1. The molecule has 8 rings (SSSR count). The van der Waals surface area contributed by atoms with E-state index in [0.29, 0.717) is 0 Å². The third-order valence-corrected chi connectivity index (χ3v) is 10.2. The minimum Gasteiger partial charge on any atom is -0.457 e. The Balaban J connectivity index is 1.28. The SMILES string of the molecule is CC(C)(C)c1cc(Oc2cccc(N(c3ccccc3)c3cc(C(C)(C)C)ccn3)c2)cc([N@@+]23[CH-][N@@+](C)(C2)c2cc(C(C)(C)C)ccc23)c1. The molecule has 49 heavy (non-hydrogen) atoms. The Morgan fingerprint density at radius 2 is 1.27 bits per heavy atom. The fourth-order valence-corrected chi connectivity index (χ4v) is 7.30. The second-order valence-electron chi connectivity index (χ2n) is 17.2. The van der Waals surface area contributed by atoms with Gasteiger partial charge in [-0.25, -0.2) is 4.98 Å². The molecule has 1 saturated heterocycles. The number of quaternary nitrogens is 2. The lowest BCUT2D eigenvalue weighted by Gasteiger charge is -2.55. The summed E-state index contributed by atoms with van der Waals surface area (Å²) in [6.45, 7) is 23.9. The van der Waals surface area contributed by atoms with Crippen LogP contribution in [0.4, 0.5) is 34.3 Å². The summed E-state index contributed by atoms with van der Waals surface area (Å²) in [5.41, 5.74) is 9.96. The van der Waals surface area contributed by atoms with Crippen molar-refractivity contribution >= 4 is 34.3 Å². The van der Waals surface area contributed by atoms with Crippen LogP contribution < -0.4 is 18.6 Å². The summed E-state index contributed by atoms with van der Waals surface area (Å²) in [7, 11) is 2.33. The largest absolute Gasteiger partial charge is 0.457 e. The van der Waals surface area contributed by atoms with Gasteiger partial charge in [-0.3, -0.25) is 9.38 Å². The van der Waals surface area contributed by atoms with Gasteiger partial charge in [0.05, 0.1) is 19.4 Å². The second kappa shape index (κ2) is 11.3. The van der Waals surface area contributed by atoms with Crippen LogP contribution in [-0.4, -0.2) is 18.7 Å². The van der Waals surface area contributed by atoms with E-state index in [0.717, 1.165) is 44.3 Å². The fraction of sp³-hybridized carbons (Fsp3) is 0.318. The van der Waals surface area contributed by atoms with Gasteiger partial charge < -0.3 is 9.22 Å². The zero-order chi connectivity index (χ0) is 35.0. The highest BCUT2D eigenvalue weighted by atomic mass is 16.5. The third-order valence-electron chi connectivity index (χ3n) is 10.2. The summed E-state index contributed by atoms with van der Waals surface area (Å²) < 4.78 is 8.39. The number of benzene rings is 4. The molecule has 3 aliphatic heterocycles. The molecule has 0 unspecified atom stereocenters.